The summed E-state index contributed by atoms with van der Waals surface area (Å²) in [5, 5.41) is 60.5. The van der Waals surface area contributed by atoms with Crippen molar-refractivity contribution in [1.82, 2.24) is 20.9 Å². The first kappa shape index (κ1) is 36.8. The number of nitrogens with two attached hydrogens (primary N) is 5. The van der Waals surface area contributed by atoms with E-state index in [0.717, 1.165) is 17.7 Å². The number of rotatable bonds is 13. The molecule has 3 amide bonds. The van der Waals surface area contributed by atoms with E-state index in [2.05, 4.69) is 16.0 Å². The van der Waals surface area contributed by atoms with Crippen molar-refractivity contribution in [2.75, 3.05) is 19.6 Å². The number of carbonyl (C=O) groups is 2. The Morgan fingerprint density at radius 3 is 2.30 bits per heavy atom. The zero-order valence-electron chi connectivity index (χ0n) is 25.6. The van der Waals surface area contributed by atoms with Crippen LogP contribution in [0.5, 0.6) is 0 Å². The summed E-state index contributed by atoms with van der Waals surface area (Å²) >= 11 is 0. The van der Waals surface area contributed by atoms with Crippen LogP contribution < -0.4 is 44.6 Å². The number of unbranched alkanes of at least 4 members (excludes halogenated alkanes) is 3. The molecule has 18 N–H and O–H groups in total. The van der Waals surface area contributed by atoms with Gasteiger partial charge in [0.15, 0.2) is 18.6 Å². The van der Waals surface area contributed by atoms with Gasteiger partial charge < -0.3 is 84.4 Å². The lowest BCUT2D eigenvalue weighted by Gasteiger charge is -2.47. The number of urea groups is 1. The molecule has 4 aliphatic rings. The summed E-state index contributed by atoms with van der Waals surface area (Å²) in [6, 6.07) is -3.51. The summed E-state index contributed by atoms with van der Waals surface area (Å²) in [5.74, 6) is -0.611. The highest BCUT2D eigenvalue weighted by molar-refractivity contribution is 5.82. The Hall–Kier alpha value is -2.08. The smallest absolute Gasteiger partial charge is 0.325 e. The molecule has 3 aliphatic heterocycles. The van der Waals surface area contributed by atoms with Gasteiger partial charge in [-0.1, -0.05) is 12.8 Å². The average molecular weight is 662 g/mol. The van der Waals surface area contributed by atoms with Crippen molar-refractivity contribution < 1.29 is 49.3 Å². The normalized spacial score (nSPS) is 43.0. The Morgan fingerprint density at radius 1 is 0.935 bits per heavy atom. The molecule has 0 aromatic rings. The van der Waals surface area contributed by atoms with E-state index in [-0.39, 0.29) is 13.0 Å². The third kappa shape index (κ3) is 8.31. The third-order valence-electron chi connectivity index (χ3n) is 8.93. The van der Waals surface area contributed by atoms with Gasteiger partial charge in [0, 0.05) is 31.4 Å². The molecule has 0 bridgehead atoms. The van der Waals surface area contributed by atoms with E-state index in [1.807, 2.05) is 0 Å². The van der Waals surface area contributed by atoms with Crippen LogP contribution in [-0.2, 0) is 19.0 Å². The molecule has 0 radical (unpaired) electrons. The molecule has 4 rings (SSSR count). The molecule has 46 heavy (non-hydrogen) atoms. The molecular formula is C27H51N9O10. The van der Waals surface area contributed by atoms with E-state index >= 15 is 0 Å². The van der Waals surface area contributed by atoms with Gasteiger partial charge >= 0.3 is 6.03 Å². The molecule has 19 nitrogen and oxygen atoms in total. The van der Waals surface area contributed by atoms with E-state index in [1.165, 1.54) is 12.3 Å². The number of aliphatic hydroxyl groups excluding tert-OH is 5. The van der Waals surface area contributed by atoms with Crippen LogP contribution in [0, 0.1) is 0 Å². The van der Waals surface area contributed by atoms with E-state index in [9.17, 15) is 35.1 Å². The zero-order valence-corrected chi connectivity index (χ0v) is 25.6. The van der Waals surface area contributed by atoms with Crippen molar-refractivity contribution in [2.24, 2.45) is 28.7 Å². The van der Waals surface area contributed by atoms with Crippen LogP contribution >= 0.6 is 0 Å². The molecule has 3 fully saturated rings. The van der Waals surface area contributed by atoms with Crippen LogP contribution in [-0.4, -0.2) is 154 Å². The average Bonchev–Trinajstić information content (AvgIpc) is 3.31. The predicted molar refractivity (Wildman–Crippen MR) is 161 cm³/mol. The second-order valence-corrected chi connectivity index (χ2v) is 12.3. The Balaban J connectivity index is 1.18. The molecule has 0 aromatic heterocycles. The first-order chi connectivity index (χ1) is 21.8. The number of hydrogen-bond acceptors (Lipinski definition) is 16. The molecule has 1 unspecified atom stereocenters. The quantitative estimate of drug-likeness (QED) is 0.0816. The zero-order chi connectivity index (χ0) is 33.7. The molecule has 15 atom stereocenters. The van der Waals surface area contributed by atoms with Gasteiger partial charge in [0.25, 0.3) is 5.91 Å². The van der Waals surface area contributed by atoms with Gasteiger partial charge in [-0.15, -0.1) is 0 Å². The number of amides is 3. The molecule has 1 aliphatic carbocycles. The summed E-state index contributed by atoms with van der Waals surface area (Å²) < 4.78 is 17.3. The van der Waals surface area contributed by atoms with E-state index in [4.69, 9.17) is 42.9 Å². The minimum atomic E-state index is -1.53. The molecule has 0 aromatic carbocycles. The third-order valence-corrected chi connectivity index (χ3v) is 8.93. The van der Waals surface area contributed by atoms with Crippen molar-refractivity contribution in [3.8, 4) is 0 Å². The number of nitrogens with zero attached hydrogens (tertiary/aromatic N) is 1. The maximum Gasteiger partial charge on any atom is 0.325 e. The Bertz CT molecular complexity index is 1050. The van der Waals surface area contributed by atoms with Gasteiger partial charge in [-0.2, -0.15) is 0 Å². The second kappa shape index (κ2) is 16.3. The summed E-state index contributed by atoms with van der Waals surface area (Å²) in [5.41, 5.74) is 29.8. The van der Waals surface area contributed by atoms with Crippen LogP contribution in [0.3, 0.4) is 0 Å². The minimum Gasteiger partial charge on any atom is -0.390 e. The van der Waals surface area contributed by atoms with Crippen LogP contribution in [0.25, 0.3) is 0 Å². The fourth-order valence-electron chi connectivity index (χ4n) is 6.17. The lowest BCUT2D eigenvalue weighted by molar-refractivity contribution is -0.279. The maximum atomic E-state index is 12.6. The molecule has 2 saturated heterocycles. The highest BCUT2D eigenvalue weighted by Crippen LogP contribution is 2.28. The van der Waals surface area contributed by atoms with Crippen LogP contribution in [0.15, 0.2) is 12.3 Å². The largest absolute Gasteiger partial charge is 0.390 e. The number of hydrogen-bond donors (Lipinski definition) is 13. The van der Waals surface area contributed by atoms with Gasteiger partial charge in [0.1, 0.15) is 30.5 Å². The highest BCUT2D eigenvalue weighted by Gasteiger charge is 2.50. The predicted octanol–water partition coefficient (Wildman–Crippen LogP) is -6.57. The number of ether oxygens (including phenoxy) is 3. The number of nitrogens with one attached hydrogen (secondary N) is 3. The monoisotopic (exact) mass is 661 g/mol. The maximum absolute atomic E-state index is 12.6. The van der Waals surface area contributed by atoms with Crippen molar-refractivity contribution >= 4 is 11.9 Å². The number of aliphatic hydroxyl groups is 5. The van der Waals surface area contributed by atoms with Gasteiger partial charge in [-0.25, -0.2) is 4.79 Å². The lowest BCUT2D eigenvalue weighted by Crippen LogP contribution is -2.69. The lowest BCUT2D eigenvalue weighted by atomic mass is 9.82. The summed E-state index contributed by atoms with van der Waals surface area (Å²) in [6.07, 6.45) is -6.74. The highest BCUT2D eigenvalue weighted by atomic mass is 16.7. The van der Waals surface area contributed by atoms with Gasteiger partial charge in [0.2, 0.25) is 0 Å². The fraction of sp³-hybridized carbons (Fsp3) is 0.852. The minimum absolute atomic E-state index is 0.0626. The van der Waals surface area contributed by atoms with Gasteiger partial charge in [0.05, 0.1) is 30.5 Å². The molecule has 0 spiro atoms. The van der Waals surface area contributed by atoms with Crippen LogP contribution in [0.4, 0.5) is 4.79 Å². The second-order valence-electron chi connectivity index (χ2n) is 12.3. The van der Waals surface area contributed by atoms with Gasteiger partial charge in [-0.3, -0.25) is 9.69 Å². The first-order valence-electron chi connectivity index (χ1n) is 15.7. The summed E-state index contributed by atoms with van der Waals surface area (Å²) in [7, 11) is 0. The molecule has 3 heterocycles. The molecule has 1 saturated carbocycles. The van der Waals surface area contributed by atoms with Gasteiger partial charge in [-0.05, 0) is 31.9 Å². The standard InChI is InChI=1S/C27H51N9O10/c28-10-13-18(38)19(39)15(32)26(44-13)46-22-12(30)9-11(29)17(37)16(22)33-6-3-1-2-4-7-34-24(42)23-20(40)21(41)25(45-23)36-8-5-14(31)35-27(36)43/h5,8,11-23,25-26,33,37-41H,1-4,6-7,9-10,28-32H2,(H,34,42)(H,35,43)/t11-,12+,13-,14?,15-,16+,17+,18-,19-,20+,21-,22-,23+,25-,26-/m1/s1. The topological polar surface area (TPSA) is 332 Å². The Morgan fingerprint density at radius 2 is 1.63 bits per heavy atom. The van der Waals surface area contributed by atoms with Crippen LogP contribution in [0.2, 0.25) is 0 Å². The summed E-state index contributed by atoms with van der Waals surface area (Å²) in [4.78, 5) is 25.8. The molecule has 19 heteroatoms. The van der Waals surface area contributed by atoms with Crippen molar-refractivity contribution in [3.63, 3.8) is 0 Å². The van der Waals surface area contributed by atoms with Crippen molar-refractivity contribution in [2.45, 2.75) is 124 Å². The fourth-order valence-corrected chi connectivity index (χ4v) is 6.17. The van der Waals surface area contributed by atoms with Crippen molar-refractivity contribution in [1.29, 1.82) is 0 Å². The van der Waals surface area contributed by atoms with E-state index in [1.54, 1.807) is 0 Å². The summed E-state index contributed by atoms with van der Waals surface area (Å²) in [6.45, 7) is 0.723. The van der Waals surface area contributed by atoms with Crippen molar-refractivity contribution in [3.05, 3.63) is 12.3 Å². The Labute approximate surface area is 266 Å². The SMILES string of the molecule is NC[C@H]1O[C@H](O[C@H]2[C@@H](NCCCCCCNC(=O)[C@H]3O[C@@H](N4C=CC(N)NC4=O)[C@H](O)[C@@H]3O)[C@@H](O)[C@H](N)C[C@@H]2N)[C@H](N)[C@@H](O)[C@@H]1O. The van der Waals surface area contributed by atoms with E-state index in [0.29, 0.717) is 25.9 Å². The molecular weight excluding hydrogens is 610 g/mol. The first-order valence-corrected chi connectivity index (χ1v) is 15.7. The van der Waals surface area contributed by atoms with E-state index < -0.39 is 104 Å². The Kier molecular flexibility index (Phi) is 13.1. The number of carbonyl (C=O) groups excluding carboxylic acids is 2. The van der Waals surface area contributed by atoms with Crippen LogP contribution in [0.1, 0.15) is 32.1 Å². The molecule has 264 valence electrons.